The van der Waals surface area contributed by atoms with Crippen molar-refractivity contribution in [3.63, 3.8) is 0 Å². The molecule has 3 heteroatoms. The SMILES string of the molecule is CCN(CC)C(=O)c1ccc(C#CCN)c(C)c1. The van der Waals surface area contributed by atoms with Crippen molar-refractivity contribution in [1.29, 1.82) is 0 Å². The fraction of sp³-hybridized carbons (Fsp3) is 0.400. The van der Waals surface area contributed by atoms with E-state index in [0.29, 0.717) is 6.54 Å². The number of nitrogens with two attached hydrogens (primary N) is 1. The number of aryl methyl sites for hydroxylation is 1. The normalized spacial score (nSPS) is 9.56. The molecule has 1 aromatic carbocycles. The second-order valence-corrected chi connectivity index (χ2v) is 4.01. The van der Waals surface area contributed by atoms with E-state index in [1.807, 2.05) is 39.0 Å². The Labute approximate surface area is 109 Å². The van der Waals surface area contributed by atoms with Gasteiger partial charge in [-0.3, -0.25) is 4.79 Å². The van der Waals surface area contributed by atoms with Crippen LogP contribution in [0.4, 0.5) is 0 Å². The van der Waals surface area contributed by atoms with Crippen LogP contribution in [-0.2, 0) is 0 Å². The molecule has 0 bridgehead atoms. The second kappa shape index (κ2) is 6.83. The third-order valence-electron chi connectivity index (χ3n) is 2.85. The first-order valence-electron chi connectivity index (χ1n) is 6.22. The molecule has 0 spiro atoms. The van der Waals surface area contributed by atoms with E-state index < -0.39 is 0 Å². The molecule has 0 saturated carbocycles. The van der Waals surface area contributed by atoms with Crippen LogP contribution in [-0.4, -0.2) is 30.4 Å². The molecule has 0 unspecified atom stereocenters. The Balaban J connectivity index is 3.00. The minimum absolute atomic E-state index is 0.0708. The lowest BCUT2D eigenvalue weighted by Gasteiger charge is -2.18. The van der Waals surface area contributed by atoms with Crippen molar-refractivity contribution in [2.24, 2.45) is 5.73 Å². The maximum Gasteiger partial charge on any atom is 0.253 e. The Kier molecular flexibility index (Phi) is 5.41. The summed E-state index contributed by atoms with van der Waals surface area (Å²) in [5, 5.41) is 0. The van der Waals surface area contributed by atoms with E-state index in [9.17, 15) is 4.79 Å². The molecule has 0 aromatic heterocycles. The van der Waals surface area contributed by atoms with Crippen LogP contribution in [0.15, 0.2) is 18.2 Å². The van der Waals surface area contributed by atoms with Gasteiger partial charge in [0.15, 0.2) is 0 Å². The van der Waals surface area contributed by atoms with E-state index in [1.165, 1.54) is 0 Å². The standard InChI is InChI=1S/C15H20N2O/c1-4-17(5-2)15(18)14-9-8-13(7-6-10-16)12(3)11-14/h8-9,11H,4-5,10,16H2,1-3H3. The van der Waals surface area contributed by atoms with Crippen LogP contribution in [0.3, 0.4) is 0 Å². The largest absolute Gasteiger partial charge is 0.339 e. The van der Waals surface area contributed by atoms with Gasteiger partial charge in [0.2, 0.25) is 0 Å². The van der Waals surface area contributed by atoms with Gasteiger partial charge in [0, 0.05) is 24.2 Å². The Morgan fingerprint density at radius 3 is 2.50 bits per heavy atom. The molecule has 0 aliphatic carbocycles. The highest BCUT2D eigenvalue weighted by Gasteiger charge is 2.12. The number of carbonyl (C=O) groups is 1. The lowest BCUT2D eigenvalue weighted by atomic mass is 10.0. The number of nitrogens with zero attached hydrogens (tertiary/aromatic N) is 1. The van der Waals surface area contributed by atoms with Crippen LogP contribution in [0, 0.1) is 18.8 Å². The summed E-state index contributed by atoms with van der Waals surface area (Å²) in [4.78, 5) is 14.0. The molecule has 0 aliphatic rings. The van der Waals surface area contributed by atoms with E-state index in [0.717, 1.165) is 29.8 Å². The van der Waals surface area contributed by atoms with Crippen molar-refractivity contribution < 1.29 is 4.79 Å². The minimum Gasteiger partial charge on any atom is -0.339 e. The van der Waals surface area contributed by atoms with Crippen molar-refractivity contribution in [3.05, 3.63) is 34.9 Å². The summed E-state index contributed by atoms with van der Waals surface area (Å²) >= 11 is 0. The molecule has 0 atom stereocenters. The van der Waals surface area contributed by atoms with Crippen molar-refractivity contribution >= 4 is 5.91 Å². The van der Waals surface area contributed by atoms with Crippen LogP contribution >= 0.6 is 0 Å². The summed E-state index contributed by atoms with van der Waals surface area (Å²) < 4.78 is 0. The Bertz CT molecular complexity index is 479. The first kappa shape index (κ1) is 14.3. The number of benzene rings is 1. The molecule has 96 valence electrons. The molecule has 3 nitrogen and oxygen atoms in total. The lowest BCUT2D eigenvalue weighted by Crippen LogP contribution is -2.30. The number of hydrogen-bond donors (Lipinski definition) is 1. The molecule has 18 heavy (non-hydrogen) atoms. The summed E-state index contributed by atoms with van der Waals surface area (Å²) in [6.07, 6.45) is 0. The van der Waals surface area contributed by atoms with Gasteiger partial charge in [-0.2, -0.15) is 0 Å². The van der Waals surface area contributed by atoms with Crippen LogP contribution in [0.5, 0.6) is 0 Å². The van der Waals surface area contributed by atoms with E-state index in [4.69, 9.17) is 5.73 Å². The number of rotatable bonds is 3. The molecule has 0 aliphatic heterocycles. The van der Waals surface area contributed by atoms with Crippen molar-refractivity contribution in [2.75, 3.05) is 19.6 Å². The fourth-order valence-corrected chi connectivity index (χ4v) is 1.78. The summed E-state index contributed by atoms with van der Waals surface area (Å²) in [6, 6.07) is 5.60. The molecule has 0 radical (unpaired) electrons. The van der Waals surface area contributed by atoms with Crippen molar-refractivity contribution in [3.8, 4) is 11.8 Å². The van der Waals surface area contributed by atoms with Crippen molar-refractivity contribution in [1.82, 2.24) is 4.90 Å². The lowest BCUT2D eigenvalue weighted by molar-refractivity contribution is 0.0773. The van der Waals surface area contributed by atoms with Gasteiger partial charge in [0.25, 0.3) is 5.91 Å². The smallest absolute Gasteiger partial charge is 0.253 e. The fourth-order valence-electron chi connectivity index (χ4n) is 1.78. The van der Waals surface area contributed by atoms with Crippen LogP contribution in [0.25, 0.3) is 0 Å². The molecule has 0 heterocycles. The number of amides is 1. The predicted octanol–water partition coefficient (Wildman–Crippen LogP) is 1.79. The van der Waals surface area contributed by atoms with Gasteiger partial charge in [0.05, 0.1) is 6.54 Å². The molecule has 0 saturated heterocycles. The zero-order chi connectivity index (χ0) is 13.5. The summed E-state index contributed by atoms with van der Waals surface area (Å²) in [5.41, 5.74) is 8.00. The third-order valence-corrected chi connectivity index (χ3v) is 2.85. The first-order valence-corrected chi connectivity index (χ1v) is 6.22. The third kappa shape index (κ3) is 3.35. The van der Waals surface area contributed by atoms with Gasteiger partial charge in [0.1, 0.15) is 0 Å². The van der Waals surface area contributed by atoms with Gasteiger partial charge in [-0.1, -0.05) is 11.8 Å². The molecule has 1 rings (SSSR count). The van der Waals surface area contributed by atoms with Gasteiger partial charge in [-0.25, -0.2) is 0 Å². The van der Waals surface area contributed by atoms with E-state index >= 15 is 0 Å². The average molecular weight is 244 g/mol. The average Bonchev–Trinajstić information content (AvgIpc) is 2.38. The highest BCUT2D eigenvalue weighted by atomic mass is 16.2. The van der Waals surface area contributed by atoms with Crippen LogP contribution in [0.1, 0.15) is 35.3 Å². The van der Waals surface area contributed by atoms with E-state index in [1.54, 1.807) is 4.90 Å². The molecule has 1 amide bonds. The summed E-state index contributed by atoms with van der Waals surface area (Å²) in [5.74, 6) is 5.89. The molecule has 1 aromatic rings. The Morgan fingerprint density at radius 2 is 2.00 bits per heavy atom. The second-order valence-electron chi connectivity index (χ2n) is 4.01. The Morgan fingerprint density at radius 1 is 1.33 bits per heavy atom. The first-order chi connectivity index (χ1) is 8.63. The Hall–Kier alpha value is -1.79. The summed E-state index contributed by atoms with van der Waals surface area (Å²) in [6.45, 7) is 7.72. The molecule has 0 fully saturated rings. The van der Waals surface area contributed by atoms with Crippen LogP contribution < -0.4 is 5.73 Å². The molecule has 2 N–H and O–H groups in total. The van der Waals surface area contributed by atoms with Gasteiger partial charge in [-0.15, -0.1) is 0 Å². The predicted molar refractivity (Wildman–Crippen MR) is 74.4 cm³/mol. The molecular formula is C15H20N2O. The highest BCUT2D eigenvalue weighted by molar-refractivity contribution is 5.94. The zero-order valence-electron chi connectivity index (χ0n) is 11.3. The van der Waals surface area contributed by atoms with Crippen LogP contribution in [0.2, 0.25) is 0 Å². The maximum absolute atomic E-state index is 12.2. The quantitative estimate of drug-likeness (QED) is 0.824. The van der Waals surface area contributed by atoms with E-state index in [2.05, 4.69) is 11.8 Å². The maximum atomic E-state index is 12.2. The number of hydrogen-bond acceptors (Lipinski definition) is 2. The summed E-state index contributed by atoms with van der Waals surface area (Å²) in [7, 11) is 0. The van der Waals surface area contributed by atoms with Gasteiger partial charge >= 0.3 is 0 Å². The highest BCUT2D eigenvalue weighted by Crippen LogP contribution is 2.12. The molecular weight excluding hydrogens is 224 g/mol. The zero-order valence-corrected chi connectivity index (χ0v) is 11.3. The topological polar surface area (TPSA) is 46.3 Å². The van der Waals surface area contributed by atoms with Gasteiger partial charge < -0.3 is 10.6 Å². The minimum atomic E-state index is 0.0708. The van der Waals surface area contributed by atoms with E-state index in [-0.39, 0.29) is 5.91 Å². The monoisotopic (exact) mass is 244 g/mol. The van der Waals surface area contributed by atoms with Crippen molar-refractivity contribution in [2.45, 2.75) is 20.8 Å². The number of carbonyl (C=O) groups excluding carboxylic acids is 1. The van der Waals surface area contributed by atoms with Gasteiger partial charge in [-0.05, 0) is 44.5 Å².